The van der Waals surface area contributed by atoms with E-state index in [-0.39, 0.29) is 11.8 Å². The zero-order valence-corrected chi connectivity index (χ0v) is 15.0. The Hall–Kier alpha value is -2.66. The van der Waals surface area contributed by atoms with Crippen LogP contribution in [0.4, 0.5) is 5.69 Å². The van der Waals surface area contributed by atoms with Gasteiger partial charge in [0.25, 0.3) is 0 Å². The summed E-state index contributed by atoms with van der Waals surface area (Å²) in [5.74, 6) is 0.0704. The summed E-state index contributed by atoms with van der Waals surface area (Å²) in [7, 11) is 0. The maximum absolute atomic E-state index is 12.3. The van der Waals surface area contributed by atoms with Gasteiger partial charge >= 0.3 is 0 Å². The molecule has 1 N–H and O–H groups in total. The first kappa shape index (κ1) is 18.1. The van der Waals surface area contributed by atoms with Crippen molar-refractivity contribution in [2.75, 3.05) is 31.6 Å². The van der Waals surface area contributed by atoms with E-state index in [1.165, 1.54) is 0 Å². The first-order valence-corrected chi connectivity index (χ1v) is 8.90. The fourth-order valence-electron chi connectivity index (χ4n) is 2.99. The molecule has 0 aliphatic carbocycles. The van der Waals surface area contributed by atoms with Gasteiger partial charge in [0.05, 0.1) is 26.1 Å². The lowest BCUT2D eigenvalue weighted by Crippen LogP contribution is -2.41. The van der Waals surface area contributed by atoms with E-state index >= 15 is 0 Å². The van der Waals surface area contributed by atoms with Gasteiger partial charge in [0.15, 0.2) is 0 Å². The standard InChI is InChI=1S/C21H24N2O3/c1-16-4-2-3-5-18(16)15-20(24)22-19-8-6-17(7-9-19)14-21(25)23-10-12-26-13-11-23/h2-9H,10-15H2,1H3,(H,22,24). The van der Waals surface area contributed by atoms with E-state index in [9.17, 15) is 9.59 Å². The molecule has 0 unspecified atom stereocenters. The second-order valence-electron chi connectivity index (χ2n) is 6.52. The number of ether oxygens (including phenoxy) is 1. The Kier molecular flexibility index (Phi) is 6.02. The van der Waals surface area contributed by atoms with Crippen LogP contribution in [-0.2, 0) is 27.2 Å². The average Bonchev–Trinajstić information content (AvgIpc) is 2.66. The van der Waals surface area contributed by atoms with Crippen LogP contribution >= 0.6 is 0 Å². The molecule has 136 valence electrons. The van der Waals surface area contributed by atoms with Crippen molar-refractivity contribution in [3.05, 3.63) is 65.2 Å². The number of morpholine rings is 1. The monoisotopic (exact) mass is 352 g/mol. The Morgan fingerprint density at radius 2 is 1.69 bits per heavy atom. The van der Waals surface area contributed by atoms with Crippen LogP contribution in [0.15, 0.2) is 48.5 Å². The third kappa shape index (κ3) is 4.92. The molecular formula is C21H24N2O3. The third-order valence-corrected chi connectivity index (χ3v) is 4.57. The van der Waals surface area contributed by atoms with Crippen molar-refractivity contribution in [1.82, 2.24) is 4.90 Å². The van der Waals surface area contributed by atoms with Crippen LogP contribution in [0.25, 0.3) is 0 Å². The van der Waals surface area contributed by atoms with Crippen molar-refractivity contribution >= 4 is 17.5 Å². The topological polar surface area (TPSA) is 58.6 Å². The molecule has 0 saturated carbocycles. The fraction of sp³-hybridized carbons (Fsp3) is 0.333. The molecule has 5 nitrogen and oxygen atoms in total. The molecule has 1 aliphatic heterocycles. The molecule has 0 aromatic heterocycles. The number of carbonyl (C=O) groups is 2. The molecule has 0 bridgehead atoms. The summed E-state index contributed by atoms with van der Waals surface area (Å²) in [6.45, 7) is 4.54. The third-order valence-electron chi connectivity index (χ3n) is 4.57. The lowest BCUT2D eigenvalue weighted by atomic mass is 10.1. The van der Waals surface area contributed by atoms with Crippen LogP contribution in [0.3, 0.4) is 0 Å². The molecule has 1 saturated heterocycles. The molecule has 1 aliphatic rings. The minimum atomic E-state index is -0.0450. The lowest BCUT2D eigenvalue weighted by Gasteiger charge is -2.26. The summed E-state index contributed by atoms with van der Waals surface area (Å²) >= 11 is 0. The highest BCUT2D eigenvalue weighted by molar-refractivity contribution is 5.92. The number of aryl methyl sites for hydroxylation is 1. The Labute approximate surface area is 154 Å². The van der Waals surface area contributed by atoms with Gasteiger partial charge < -0.3 is 15.0 Å². The quantitative estimate of drug-likeness (QED) is 0.900. The molecule has 0 radical (unpaired) electrons. The highest BCUT2D eigenvalue weighted by atomic mass is 16.5. The van der Waals surface area contributed by atoms with Crippen LogP contribution in [0.5, 0.6) is 0 Å². The predicted octanol–water partition coefficient (Wildman–Crippen LogP) is 2.58. The normalized spacial score (nSPS) is 14.1. The molecule has 2 aromatic rings. The van der Waals surface area contributed by atoms with E-state index in [0.29, 0.717) is 39.1 Å². The summed E-state index contributed by atoms with van der Waals surface area (Å²) in [5.41, 5.74) is 3.82. The van der Waals surface area contributed by atoms with Crippen molar-refractivity contribution in [3.63, 3.8) is 0 Å². The van der Waals surface area contributed by atoms with Crippen molar-refractivity contribution in [2.45, 2.75) is 19.8 Å². The maximum Gasteiger partial charge on any atom is 0.228 e. The summed E-state index contributed by atoms with van der Waals surface area (Å²) in [6.07, 6.45) is 0.724. The number of hydrogen-bond donors (Lipinski definition) is 1. The molecule has 1 heterocycles. The Balaban J connectivity index is 1.53. The molecule has 0 spiro atoms. The Morgan fingerprint density at radius 1 is 1.00 bits per heavy atom. The summed E-state index contributed by atoms with van der Waals surface area (Å²) < 4.78 is 5.27. The second-order valence-corrected chi connectivity index (χ2v) is 6.52. The van der Waals surface area contributed by atoms with Gasteiger partial charge in [0.2, 0.25) is 11.8 Å². The number of carbonyl (C=O) groups excluding carboxylic acids is 2. The zero-order chi connectivity index (χ0) is 18.4. The Bertz CT molecular complexity index is 765. The number of hydrogen-bond acceptors (Lipinski definition) is 3. The van der Waals surface area contributed by atoms with E-state index < -0.39 is 0 Å². The van der Waals surface area contributed by atoms with Gasteiger partial charge in [-0.2, -0.15) is 0 Å². The first-order chi connectivity index (χ1) is 12.6. The van der Waals surface area contributed by atoms with Crippen molar-refractivity contribution in [2.24, 2.45) is 0 Å². The molecule has 2 aromatic carbocycles. The van der Waals surface area contributed by atoms with E-state index in [0.717, 1.165) is 22.4 Å². The minimum Gasteiger partial charge on any atom is -0.378 e. The number of benzene rings is 2. The van der Waals surface area contributed by atoms with Gasteiger partial charge in [-0.3, -0.25) is 9.59 Å². The van der Waals surface area contributed by atoms with Crippen LogP contribution < -0.4 is 5.32 Å². The SMILES string of the molecule is Cc1ccccc1CC(=O)Nc1ccc(CC(=O)N2CCOCC2)cc1. The van der Waals surface area contributed by atoms with Crippen LogP contribution in [-0.4, -0.2) is 43.0 Å². The van der Waals surface area contributed by atoms with Gasteiger partial charge in [-0.15, -0.1) is 0 Å². The first-order valence-electron chi connectivity index (χ1n) is 8.90. The van der Waals surface area contributed by atoms with Gasteiger partial charge in [0.1, 0.15) is 0 Å². The Morgan fingerprint density at radius 3 is 2.38 bits per heavy atom. The van der Waals surface area contributed by atoms with Gasteiger partial charge in [-0.25, -0.2) is 0 Å². The van der Waals surface area contributed by atoms with Crippen LogP contribution in [0.2, 0.25) is 0 Å². The minimum absolute atomic E-state index is 0.0450. The maximum atomic E-state index is 12.3. The van der Waals surface area contributed by atoms with Gasteiger partial charge in [-0.05, 0) is 35.7 Å². The number of nitrogens with one attached hydrogen (secondary N) is 1. The van der Waals surface area contributed by atoms with E-state index in [1.807, 2.05) is 60.4 Å². The number of amides is 2. The zero-order valence-electron chi connectivity index (χ0n) is 15.0. The smallest absolute Gasteiger partial charge is 0.228 e. The molecule has 0 atom stereocenters. The molecule has 3 rings (SSSR count). The highest BCUT2D eigenvalue weighted by Crippen LogP contribution is 2.13. The van der Waals surface area contributed by atoms with Crippen molar-refractivity contribution in [3.8, 4) is 0 Å². The van der Waals surface area contributed by atoms with E-state index in [1.54, 1.807) is 0 Å². The fourth-order valence-corrected chi connectivity index (χ4v) is 2.99. The molecule has 26 heavy (non-hydrogen) atoms. The van der Waals surface area contributed by atoms with E-state index in [4.69, 9.17) is 4.74 Å². The van der Waals surface area contributed by atoms with Crippen molar-refractivity contribution in [1.29, 1.82) is 0 Å². The van der Waals surface area contributed by atoms with Crippen LogP contribution in [0.1, 0.15) is 16.7 Å². The molecule has 5 heteroatoms. The second kappa shape index (κ2) is 8.63. The molecule has 1 fully saturated rings. The summed E-state index contributed by atoms with van der Waals surface area (Å²) in [6, 6.07) is 15.3. The lowest BCUT2D eigenvalue weighted by molar-refractivity contribution is -0.134. The molecule has 2 amide bonds. The average molecular weight is 352 g/mol. The van der Waals surface area contributed by atoms with Gasteiger partial charge in [-0.1, -0.05) is 36.4 Å². The predicted molar refractivity (Wildman–Crippen MR) is 101 cm³/mol. The number of nitrogens with zero attached hydrogens (tertiary/aromatic N) is 1. The summed E-state index contributed by atoms with van der Waals surface area (Å²) in [5, 5.41) is 2.91. The highest BCUT2D eigenvalue weighted by Gasteiger charge is 2.16. The van der Waals surface area contributed by atoms with Crippen LogP contribution in [0, 0.1) is 6.92 Å². The van der Waals surface area contributed by atoms with E-state index in [2.05, 4.69) is 5.32 Å². The van der Waals surface area contributed by atoms with Gasteiger partial charge in [0, 0.05) is 18.8 Å². The largest absolute Gasteiger partial charge is 0.378 e. The molecular weight excluding hydrogens is 328 g/mol. The number of rotatable bonds is 5. The summed E-state index contributed by atoms with van der Waals surface area (Å²) in [4.78, 5) is 26.3. The number of anilines is 1. The van der Waals surface area contributed by atoms with Crippen molar-refractivity contribution < 1.29 is 14.3 Å².